The molecule has 4 nitrogen and oxygen atoms in total. The zero-order chi connectivity index (χ0) is 10.5. The van der Waals surface area contributed by atoms with Crippen LogP contribution in [-0.4, -0.2) is 29.0 Å². The van der Waals surface area contributed by atoms with Gasteiger partial charge in [0.2, 0.25) is 0 Å². The number of halogens is 1. The van der Waals surface area contributed by atoms with Crippen LogP contribution in [0.2, 0.25) is 0 Å². The van der Waals surface area contributed by atoms with Crippen molar-refractivity contribution in [1.29, 1.82) is 0 Å². The Morgan fingerprint density at radius 2 is 2.50 bits per heavy atom. The average molecular weight is 246 g/mol. The molecule has 1 atom stereocenters. The van der Waals surface area contributed by atoms with E-state index in [-0.39, 0.29) is 12.4 Å². The number of nitrogens with zero attached hydrogens (tertiary/aromatic N) is 2. The fraction of sp³-hybridized carbons (Fsp3) is 0.727. The summed E-state index contributed by atoms with van der Waals surface area (Å²) in [7, 11) is 0. The molecule has 0 aliphatic carbocycles. The van der Waals surface area contributed by atoms with Crippen molar-refractivity contribution in [2.75, 3.05) is 13.2 Å². The smallest absolute Gasteiger partial charge is 0.0700 e. The Morgan fingerprint density at radius 3 is 3.12 bits per heavy atom. The number of ether oxygens (including phenoxy) is 1. The molecule has 1 aromatic rings. The molecule has 0 bridgehead atoms. The third kappa shape index (κ3) is 3.77. The van der Waals surface area contributed by atoms with Crippen LogP contribution in [0.15, 0.2) is 12.4 Å². The van der Waals surface area contributed by atoms with E-state index in [0.717, 1.165) is 26.2 Å². The van der Waals surface area contributed by atoms with Crippen molar-refractivity contribution in [2.45, 2.75) is 39.0 Å². The highest BCUT2D eigenvalue weighted by Crippen LogP contribution is 2.10. The average Bonchev–Trinajstić information content (AvgIpc) is 2.88. The summed E-state index contributed by atoms with van der Waals surface area (Å²) in [6.45, 7) is 5.81. The van der Waals surface area contributed by atoms with E-state index in [1.807, 2.05) is 10.9 Å². The van der Waals surface area contributed by atoms with Gasteiger partial charge in [0.1, 0.15) is 0 Å². The standard InChI is InChI=1S/C11H19N3O.ClH/c1-2-14-9-10(7-13-14)6-12-8-11-4-3-5-15-11;/h7,9,11-12H,2-6,8H2,1H3;1H. The predicted molar refractivity (Wildman–Crippen MR) is 65.8 cm³/mol. The topological polar surface area (TPSA) is 39.1 Å². The summed E-state index contributed by atoms with van der Waals surface area (Å²) in [5.41, 5.74) is 1.25. The lowest BCUT2D eigenvalue weighted by Gasteiger charge is -2.09. The number of aromatic nitrogens is 2. The van der Waals surface area contributed by atoms with Crippen LogP contribution in [0.5, 0.6) is 0 Å². The maximum absolute atomic E-state index is 5.53. The van der Waals surface area contributed by atoms with Crippen LogP contribution in [0.4, 0.5) is 0 Å². The van der Waals surface area contributed by atoms with Gasteiger partial charge in [0, 0.05) is 38.0 Å². The monoisotopic (exact) mass is 245 g/mol. The molecule has 1 aliphatic rings. The molecule has 1 saturated heterocycles. The molecule has 2 rings (SSSR count). The molecule has 1 aromatic heterocycles. The highest BCUT2D eigenvalue weighted by atomic mass is 35.5. The second kappa shape index (κ2) is 6.89. The zero-order valence-corrected chi connectivity index (χ0v) is 10.5. The molecule has 2 heterocycles. The van der Waals surface area contributed by atoms with Crippen LogP contribution in [-0.2, 0) is 17.8 Å². The van der Waals surface area contributed by atoms with Crippen LogP contribution >= 0.6 is 12.4 Å². The first-order chi connectivity index (χ1) is 7.38. The molecule has 5 heteroatoms. The van der Waals surface area contributed by atoms with Gasteiger partial charge in [-0.2, -0.15) is 5.10 Å². The largest absolute Gasteiger partial charge is 0.377 e. The Bertz CT molecular complexity index is 297. The Kier molecular flexibility index (Phi) is 5.80. The molecule has 1 aliphatic heterocycles. The SMILES string of the molecule is CCn1cc(CNCC2CCCO2)cn1.Cl. The summed E-state index contributed by atoms with van der Waals surface area (Å²) in [5.74, 6) is 0. The predicted octanol–water partition coefficient (Wildman–Crippen LogP) is 1.59. The van der Waals surface area contributed by atoms with Gasteiger partial charge < -0.3 is 10.1 Å². The maximum atomic E-state index is 5.53. The lowest BCUT2D eigenvalue weighted by molar-refractivity contribution is 0.110. The second-order valence-electron chi connectivity index (χ2n) is 3.97. The Labute approximate surface area is 103 Å². The Balaban J connectivity index is 0.00000128. The first-order valence-corrected chi connectivity index (χ1v) is 5.72. The number of aryl methyl sites for hydroxylation is 1. The molecule has 1 unspecified atom stereocenters. The van der Waals surface area contributed by atoms with Gasteiger partial charge in [0.25, 0.3) is 0 Å². The van der Waals surface area contributed by atoms with E-state index in [9.17, 15) is 0 Å². The number of hydrogen-bond acceptors (Lipinski definition) is 3. The minimum Gasteiger partial charge on any atom is -0.377 e. The quantitative estimate of drug-likeness (QED) is 0.857. The van der Waals surface area contributed by atoms with Crippen LogP contribution in [0.3, 0.4) is 0 Å². The Hall–Kier alpha value is -0.580. The van der Waals surface area contributed by atoms with E-state index in [1.54, 1.807) is 0 Å². The van der Waals surface area contributed by atoms with Crippen LogP contribution < -0.4 is 5.32 Å². The van der Waals surface area contributed by atoms with Crippen molar-refractivity contribution in [3.63, 3.8) is 0 Å². The van der Waals surface area contributed by atoms with Gasteiger partial charge >= 0.3 is 0 Å². The third-order valence-corrected chi connectivity index (χ3v) is 2.74. The van der Waals surface area contributed by atoms with Crippen LogP contribution in [0.25, 0.3) is 0 Å². The molecule has 1 fully saturated rings. The maximum Gasteiger partial charge on any atom is 0.0700 e. The van der Waals surface area contributed by atoms with E-state index in [0.29, 0.717) is 6.10 Å². The lowest BCUT2D eigenvalue weighted by atomic mass is 10.2. The summed E-state index contributed by atoms with van der Waals surface area (Å²) in [4.78, 5) is 0. The molecular weight excluding hydrogens is 226 g/mol. The molecule has 16 heavy (non-hydrogen) atoms. The van der Waals surface area contributed by atoms with Crippen molar-refractivity contribution in [3.8, 4) is 0 Å². The van der Waals surface area contributed by atoms with Crippen LogP contribution in [0, 0.1) is 0 Å². The molecule has 0 spiro atoms. The highest BCUT2D eigenvalue weighted by Gasteiger charge is 2.14. The normalized spacial score (nSPS) is 19.7. The van der Waals surface area contributed by atoms with Gasteiger partial charge in [0.05, 0.1) is 12.3 Å². The molecule has 0 saturated carbocycles. The van der Waals surface area contributed by atoms with Crippen LogP contribution in [0.1, 0.15) is 25.3 Å². The Morgan fingerprint density at radius 1 is 1.62 bits per heavy atom. The van der Waals surface area contributed by atoms with Crippen molar-refractivity contribution >= 4 is 12.4 Å². The first-order valence-electron chi connectivity index (χ1n) is 5.72. The van der Waals surface area contributed by atoms with Crippen molar-refractivity contribution in [2.24, 2.45) is 0 Å². The summed E-state index contributed by atoms with van der Waals surface area (Å²) in [6.07, 6.45) is 6.83. The van der Waals surface area contributed by atoms with E-state index in [2.05, 4.69) is 23.5 Å². The first kappa shape index (κ1) is 13.5. The van der Waals surface area contributed by atoms with E-state index in [1.165, 1.54) is 18.4 Å². The lowest BCUT2D eigenvalue weighted by Crippen LogP contribution is -2.25. The molecule has 0 amide bonds. The fourth-order valence-corrected chi connectivity index (χ4v) is 1.85. The van der Waals surface area contributed by atoms with Crippen molar-refractivity contribution in [1.82, 2.24) is 15.1 Å². The van der Waals surface area contributed by atoms with E-state index < -0.39 is 0 Å². The summed E-state index contributed by atoms with van der Waals surface area (Å²) < 4.78 is 7.48. The minimum atomic E-state index is 0. The van der Waals surface area contributed by atoms with Gasteiger partial charge in [-0.05, 0) is 19.8 Å². The number of hydrogen-bond donors (Lipinski definition) is 1. The fourth-order valence-electron chi connectivity index (χ4n) is 1.85. The number of rotatable bonds is 5. The van der Waals surface area contributed by atoms with Crippen molar-refractivity contribution < 1.29 is 4.74 Å². The molecule has 0 radical (unpaired) electrons. The van der Waals surface area contributed by atoms with Gasteiger partial charge in [-0.15, -0.1) is 12.4 Å². The summed E-state index contributed by atoms with van der Waals surface area (Å²) in [6, 6.07) is 0. The van der Waals surface area contributed by atoms with E-state index in [4.69, 9.17) is 4.74 Å². The zero-order valence-electron chi connectivity index (χ0n) is 9.69. The van der Waals surface area contributed by atoms with E-state index >= 15 is 0 Å². The molecular formula is C11H20ClN3O. The molecule has 92 valence electrons. The third-order valence-electron chi connectivity index (χ3n) is 2.74. The summed E-state index contributed by atoms with van der Waals surface area (Å²) in [5, 5.41) is 7.63. The van der Waals surface area contributed by atoms with Crippen molar-refractivity contribution in [3.05, 3.63) is 18.0 Å². The molecule has 1 N–H and O–H groups in total. The highest BCUT2D eigenvalue weighted by molar-refractivity contribution is 5.85. The van der Waals surface area contributed by atoms with Gasteiger partial charge in [-0.3, -0.25) is 4.68 Å². The second-order valence-corrected chi connectivity index (χ2v) is 3.97. The van der Waals surface area contributed by atoms with Gasteiger partial charge in [0.15, 0.2) is 0 Å². The van der Waals surface area contributed by atoms with Gasteiger partial charge in [-0.1, -0.05) is 0 Å². The number of nitrogens with one attached hydrogen (secondary N) is 1. The summed E-state index contributed by atoms with van der Waals surface area (Å²) >= 11 is 0. The van der Waals surface area contributed by atoms with Gasteiger partial charge in [-0.25, -0.2) is 0 Å². The minimum absolute atomic E-state index is 0. The molecule has 0 aromatic carbocycles.